The van der Waals surface area contributed by atoms with Crippen molar-refractivity contribution >= 4 is 17.7 Å². The Labute approximate surface area is 118 Å². The summed E-state index contributed by atoms with van der Waals surface area (Å²) in [6.45, 7) is 2.10. The summed E-state index contributed by atoms with van der Waals surface area (Å²) in [6, 6.07) is 7.24. The van der Waals surface area contributed by atoms with Crippen molar-refractivity contribution in [3.05, 3.63) is 29.8 Å². The van der Waals surface area contributed by atoms with E-state index in [1.54, 1.807) is 7.05 Å². The highest BCUT2D eigenvalue weighted by molar-refractivity contribution is 5.91. The molecular weight excluding hydrogens is 260 g/mol. The van der Waals surface area contributed by atoms with Crippen molar-refractivity contribution in [2.75, 3.05) is 25.6 Å². The van der Waals surface area contributed by atoms with Crippen LogP contribution in [-0.4, -0.2) is 43.9 Å². The number of carboxylic acid groups (broad SMARTS) is 1. The third-order valence-corrected chi connectivity index (χ3v) is 2.91. The third kappa shape index (κ3) is 4.89. The summed E-state index contributed by atoms with van der Waals surface area (Å²) >= 11 is 0. The van der Waals surface area contributed by atoms with Crippen LogP contribution in [0.4, 0.5) is 10.5 Å². The van der Waals surface area contributed by atoms with E-state index in [1.807, 2.05) is 31.2 Å². The second kappa shape index (κ2) is 7.49. The van der Waals surface area contributed by atoms with Gasteiger partial charge in [-0.15, -0.1) is 0 Å². The van der Waals surface area contributed by atoms with Crippen LogP contribution in [0.25, 0.3) is 0 Å². The van der Waals surface area contributed by atoms with E-state index in [2.05, 4.69) is 5.32 Å². The Bertz CT molecular complexity index is 476. The zero-order chi connectivity index (χ0) is 15.1. The van der Waals surface area contributed by atoms with Crippen molar-refractivity contribution in [1.29, 1.82) is 0 Å². The van der Waals surface area contributed by atoms with E-state index in [0.29, 0.717) is 0 Å². The van der Waals surface area contributed by atoms with Gasteiger partial charge < -0.3 is 15.2 Å². The minimum atomic E-state index is -0.960. The SMILES string of the molecule is COC(CNC(=O)N(C)c1cccc(C)c1)CC(=O)O. The first-order chi connectivity index (χ1) is 9.43. The molecule has 0 aliphatic rings. The quantitative estimate of drug-likeness (QED) is 0.830. The van der Waals surface area contributed by atoms with Crippen molar-refractivity contribution in [2.45, 2.75) is 19.4 Å². The van der Waals surface area contributed by atoms with Crippen LogP contribution in [0.3, 0.4) is 0 Å². The maximum absolute atomic E-state index is 12.0. The first-order valence-corrected chi connectivity index (χ1v) is 6.27. The molecule has 6 nitrogen and oxygen atoms in total. The minimum Gasteiger partial charge on any atom is -0.481 e. The Morgan fingerprint density at radius 2 is 2.15 bits per heavy atom. The highest BCUT2D eigenvalue weighted by atomic mass is 16.5. The van der Waals surface area contributed by atoms with Crippen molar-refractivity contribution in [3.8, 4) is 0 Å². The van der Waals surface area contributed by atoms with Crippen LogP contribution in [0.5, 0.6) is 0 Å². The minimum absolute atomic E-state index is 0.148. The van der Waals surface area contributed by atoms with Crippen LogP contribution in [0.2, 0.25) is 0 Å². The highest BCUT2D eigenvalue weighted by Gasteiger charge is 2.16. The number of hydrogen-bond acceptors (Lipinski definition) is 3. The molecule has 110 valence electrons. The van der Waals surface area contributed by atoms with E-state index < -0.39 is 12.1 Å². The van der Waals surface area contributed by atoms with Gasteiger partial charge in [-0.1, -0.05) is 12.1 Å². The summed E-state index contributed by atoms with van der Waals surface area (Å²) in [5, 5.41) is 11.4. The number of aryl methyl sites for hydroxylation is 1. The lowest BCUT2D eigenvalue weighted by atomic mass is 10.2. The zero-order valence-electron chi connectivity index (χ0n) is 11.9. The molecular formula is C14H20N2O4. The summed E-state index contributed by atoms with van der Waals surface area (Å²) in [5.74, 6) is -0.960. The number of amides is 2. The van der Waals surface area contributed by atoms with Gasteiger partial charge in [-0.05, 0) is 24.6 Å². The van der Waals surface area contributed by atoms with Crippen LogP contribution in [0.15, 0.2) is 24.3 Å². The van der Waals surface area contributed by atoms with Crippen molar-refractivity contribution in [3.63, 3.8) is 0 Å². The predicted molar refractivity (Wildman–Crippen MR) is 76.0 cm³/mol. The van der Waals surface area contributed by atoms with Crippen LogP contribution >= 0.6 is 0 Å². The van der Waals surface area contributed by atoms with Crippen molar-refractivity contribution < 1.29 is 19.4 Å². The number of aliphatic carboxylic acids is 1. The number of ether oxygens (including phenoxy) is 1. The molecule has 1 aromatic rings. The highest BCUT2D eigenvalue weighted by Crippen LogP contribution is 2.14. The number of carbonyl (C=O) groups excluding carboxylic acids is 1. The first-order valence-electron chi connectivity index (χ1n) is 6.27. The molecule has 1 rings (SSSR count). The smallest absolute Gasteiger partial charge is 0.321 e. The lowest BCUT2D eigenvalue weighted by Gasteiger charge is -2.20. The Hall–Kier alpha value is -2.08. The molecule has 2 N–H and O–H groups in total. The largest absolute Gasteiger partial charge is 0.481 e. The molecule has 0 radical (unpaired) electrons. The molecule has 0 saturated heterocycles. The fraction of sp³-hybridized carbons (Fsp3) is 0.429. The lowest BCUT2D eigenvalue weighted by molar-refractivity contribution is -0.139. The summed E-state index contributed by atoms with van der Waals surface area (Å²) < 4.78 is 5.00. The molecule has 0 bridgehead atoms. The Balaban J connectivity index is 2.55. The summed E-state index contributed by atoms with van der Waals surface area (Å²) in [6.07, 6.45) is -0.687. The molecule has 0 fully saturated rings. The fourth-order valence-electron chi connectivity index (χ4n) is 1.71. The van der Waals surface area contributed by atoms with Gasteiger partial charge in [0.2, 0.25) is 0 Å². The van der Waals surface area contributed by atoms with E-state index in [-0.39, 0.29) is 19.0 Å². The summed E-state index contributed by atoms with van der Waals surface area (Å²) in [5.41, 5.74) is 1.83. The average molecular weight is 280 g/mol. The average Bonchev–Trinajstić information content (AvgIpc) is 2.41. The number of hydrogen-bond donors (Lipinski definition) is 2. The number of nitrogens with one attached hydrogen (secondary N) is 1. The van der Waals surface area contributed by atoms with Gasteiger partial charge in [-0.2, -0.15) is 0 Å². The predicted octanol–water partition coefficient (Wildman–Crippen LogP) is 1.63. The maximum Gasteiger partial charge on any atom is 0.321 e. The van der Waals surface area contributed by atoms with Crippen LogP contribution in [0, 0.1) is 6.92 Å². The second-order valence-corrected chi connectivity index (χ2v) is 4.54. The standard InChI is InChI=1S/C14H20N2O4/c1-10-5-4-6-11(7-10)16(2)14(19)15-9-12(20-3)8-13(17)18/h4-7,12H,8-9H2,1-3H3,(H,15,19)(H,17,18). The van der Waals surface area contributed by atoms with Crippen molar-refractivity contribution in [2.24, 2.45) is 0 Å². The topological polar surface area (TPSA) is 78.9 Å². The number of benzene rings is 1. The molecule has 20 heavy (non-hydrogen) atoms. The number of nitrogens with zero attached hydrogens (tertiary/aromatic N) is 1. The normalized spacial score (nSPS) is 11.8. The van der Waals surface area contributed by atoms with E-state index in [1.165, 1.54) is 12.0 Å². The summed E-state index contributed by atoms with van der Waals surface area (Å²) in [4.78, 5) is 24.0. The monoisotopic (exact) mass is 280 g/mol. The van der Waals surface area contributed by atoms with Crippen molar-refractivity contribution in [1.82, 2.24) is 5.32 Å². The molecule has 1 aromatic carbocycles. The van der Waals surface area contributed by atoms with E-state index in [0.717, 1.165) is 11.3 Å². The Kier molecular flexibility index (Phi) is 5.99. The van der Waals surface area contributed by atoms with Gasteiger partial charge in [0.1, 0.15) is 0 Å². The molecule has 0 aromatic heterocycles. The third-order valence-electron chi connectivity index (χ3n) is 2.91. The Morgan fingerprint density at radius 1 is 1.45 bits per heavy atom. The molecule has 6 heteroatoms. The zero-order valence-corrected chi connectivity index (χ0v) is 11.9. The molecule has 0 aliphatic heterocycles. The van der Waals surface area contributed by atoms with Crippen LogP contribution < -0.4 is 10.2 Å². The number of rotatable bonds is 6. The molecule has 0 heterocycles. The lowest BCUT2D eigenvalue weighted by Crippen LogP contribution is -2.42. The first kappa shape index (κ1) is 16.0. The van der Waals surface area contributed by atoms with Gasteiger partial charge in [-0.25, -0.2) is 4.79 Å². The number of anilines is 1. The molecule has 1 atom stereocenters. The second-order valence-electron chi connectivity index (χ2n) is 4.54. The fourth-order valence-corrected chi connectivity index (χ4v) is 1.71. The number of carboxylic acids is 1. The van der Waals surface area contributed by atoms with Gasteiger partial charge in [-0.3, -0.25) is 9.69 Å². The molecule has 0 saturated carbocycles. The Morgan fingerprint density at radius 3 is 2.70 bits per heavy atom. The molecule has 2 amide bonds. The maximum atomic E-state index is 12.0. The van der Waals surface area contributed by atoms with E-state index in [9.17, 15) is 9.59 Å². The van der Waals surface area contributed by atoms with Gasteiger partial charge >= 0.3 is 12.0 Å². The molecule has 0 aliphatic carbocycles. The van der Waals surface area contributed by atoms with E-state index >= 15 is 0 Å². The number of methoxy groups -OCH3 is 1. The van der Waals surface area contributed by atoms with Gasteiger partial charge in [0.15, 0.2) is 0 Å². The van der Waals surface area contributed by atoms with Gasteiger partial charge in [0.25, 0.3) is 0 Å². The van der Waals surface area contributed by atoms with Gasteiger partial charge in [0.05, 0.1) is 12.5 Å². The van der Waals surface area contributed by atoms with Crippen LogP contribution in [-0.2, 0) is 9.53 Å². The molecule has 1 unspecified atom stereocenters. The van der Waals surface area contributed by atoms with Crippen LogP contribution in [0.1, 0.15) is 12.0 Å². The summed E-state index contributed by atoms with van der Waals surface area (Å²) in [7, 11) is 3.08. The number of carbonyl (C=O) groups is 2. The van der Waals surface area contributed by atoms with Gasteiger partial charge in [0, 0.05) is 26.4 Å². The molecule has 0 spiro atoms. The van der Waals surface area contributed by atoms with E-state index in [4.69, 9.17) is 9.84 Å². The number of urea groups is 1.